The Labute approximate surface area is 232 Å². The van der Waals surface area contributed by atoms with Crippen LogP contribution in [-0.2, 0) is 17.8 Å². The van der Waals surface area contributed by atoms with Crippen molar-refractivity contribution in [2.75, 3.05) is 27.2 Å². The largest absolute Gasteiger partial charge is 0.489 e. The van der Waals surface area contributed by atoms with E-state index < -0.39 is 11.2 Å². The molecule has 3 atom stereocenters. The molecular formula is C27H30N6O4S2. The van der Waals surface area contributed by atoms with E-state index in [0.717, 1.165) is 33.5 Å². The van der Waals surface area contributed by atoms with Crippen molar-refractivity contribution < 1.29 is 13.7 Å². The van der Waals surface area contributed by atoms with Crippen LogP contribution in [0.1, 0.15) is 39.0 Å². The minimum Gasteiger partial charge on any atom is -0.489 e. The van der Waals surface area contributed by atoms with Gasteiger partial charge in [-0.2, -0.15) is 5.10 Å². The van der Waals surface area contributed by atoms with Gasteiger partial charge in [-0.05, 0) is 49.7 Å². The SMILES string of the molecule is Cc1cc(COc2ccc(C(=O)NC3CCN(S(=O)N(C)C)CC3c3n[nH]c(=O)s3)cc2)c2ccccc2n1. The standard InChI is InChI=1S/C27H30N6O4S2/c1-17-14-19(21-6-4-5-7-23(21)28-17)16-37-20-10-8-18(9-11-20)25(34)29-24-12-13-33(39(36)32(2)3)15-22(24)26-30-31-27(35)38-26/h4-11,14,22,24H,12-13,15-16H2,1-3H3,(H,29,34)(H,31,35). The molecule has 5 rings (SSSR count). The molecule has 3 heterocycles. The average Bonchev–Trinajstić information content (AvgIpc) is 3.37. The molecule has 2 N–H and O–H groups in total. The van der Waals surface area contributed by atoms with Crippen molar-refractivity contribution in [3.63, 3.8) is 0 Å². The van der Waals surface area contributed by atoms with Crippen LogP contribution in [0.25, 0.3) is 10.9 Å². The number of carbonyl (C=O) groups is 1. The van der Waals surface area contributed by atoms with Crippen molar-refractivity contribution in [3.05, 3.63) is 86.1 Å². The fourth-order valence-electron chi connectivity index (χ4n) is 4.75. The summed E-state index contributed by atoms with van der Waals surface area (Å²) in [4.78, 5) is 29.3. The summed E-state index contributed by atoms with van der Waals surface area (Å²) in [5.41, 5.74) is 3.41. The molecule has 0 aliphatic carbocycles. The molecule has 3 unspecified atom stereocenters. The Morgan fingerprint density at radius 3 is 2.72 bits per heavy atom. The van der Waals surface area contributed by atoms with Crippen molar-refractivity contribution in [1.29, 1.82) is 0 Å². The summed E-state index contributed by atoms with van der Waals surface area (Å²) in [7, 11) is 3.50. The Morgan fingerprint density at radius 1 is 1.23 bits per heavy atom. The van der Waals surface area contributed by atoms with E-state index in [1.54, 1.807) is 42.7 Å². The first-order valence-electron chi connectivity index (χ1n) is 12.6. The summed E-state index contributed by atoms with van der Waals surface area (Å²) in [6.07, 6.45) is 0.574. The van der Waals surface area contributed by atoms with Gasteiger partial charge in [-0.1, -0.05) is 29.5 Å². The highest BCUT2D eigenvalue weighted by Gasteiger charge is 2.36. The third-order valence-corrected chi connectivity index (χ3v) is 8.92. The van der Waals surface area contributed by atoms with Gasteiger partial charge in [-0.3, -0.25) is 14.6 Å². The van der Waals surface area contributed by atoms with E-state index in [4.69, 9.17) is 4.74 Å². The zero-order valence-electron chi connectivity index (χ0n) is 21.9. The summed E-state index contributed by atoms with van der Waals surface area (Å²) in [6.45, 7) is 3.30. The molecule has 1 fully saturated rings. The third-order valence-electron chi connectivity index (χ3n) is 6.64. The lowest BCUT2D eigenvalue weighted by atomic mass is 9.93. The summed E-state index contributed by atoms with van der Waals surface area (Å²) >= 11 is -0.296. The van der Waals surface area contributed by atoms with E-state index in [-0.39, 0.29) is 22.7 Å². The topological polar surface area (TPSA) is 121 Å². The summed E-state index contributed by atoms with van der Waals surface area (Å²) in [5, 5.41) is 11.4. The van der Waals surface area contributed by atoms with E-state index in [9.17, 15) is 13.8 Å². The highest BCUT2D eigenvalue weighted by atomic mass is 32.2. The number of rotatable bonds is 8. The fourth-order valence-corrected chi connectivity index (χ4v) is 6.52. The molecule has 1 aliphatic rings. The maximum Gasteiger partial charge on any atom is 0.322 e. The highest BCUT2D eigenvalue weighted by molar-refractivity contribution is 7.80. The minimum atomic E-state index is -1.31. The van der Waals surface area contributed by atoms with Gasteiger partial charge >= 0.3 is 4.87 Å². The molecule has 12 heteroatoms. The first-order chi connectivity index (χ1) is 18.8. The van der Waals surface area contributed by atoms with Crippen LogP contribution in [0, 0.1) is 6.92 Å². The van der Waals surface area contributed by atoms with Crippen LogP contribution in [0.15, 0.2) is 59.4 Å². The zero-order valence-corrected chi connectivity index (χ0v) is 23.6. The number of amides is 1. The van der Waals surface area contributed by atoms with Crippen molar-refractivity contribution in [1.82, 2.24) is 29.1 Å². The number of aromatic nitrogens is 3. The number of pyridine rings is 1. The van der Waals surface area contributed by atoms with Crippen LogP contribution in [-0.4, -0.2) is 67.1 Å². The van der Waals surface area contributed by atoms with Gasteiger partial charge in [0, 0.05) is 61.4 Å². The molecule has 2 aromatic heterocycles. The van der Waals surface area contributed by atoms with E-state index in [0.29, 0.717) is 42.4 Å². The Morgan fingerprint density at radius 2 is 2.00 bits per heavy atom. The van der Waals surface area contributed by atoms with Crippen LogP contribution in [0.4, 0.5) is 0 Å². The molecule has 0 radical (unpaired) electrons. The third kappa shape index (κ3) is 6.25. The number of para-hydroxylation sites is 1. The number of nitrogens with zero attached hydrogens (tertiary/aromatic N) is 4. The normalized spacial score (nSPS) is 18.8. The number of aryl methyl sites for hydroxylation is 1. The molecule has 4 aromatic rings. The Hall–Kier alpha value is -3.45. The molecule has 204 valence electrons. The van der Waals surface area contributed by atoms with Gasteiger partial charge in [0.15, 0.2) is 11.2 Å². The van der Waals surface area contributed by atoms with Crippen LogP contribution in [0.2, 0.25) is 0 Å². The number of ether oxygens (including phenoxy) is 1. The monoisotopic (exact) mass is 566 g/mol. The van der Waals surface area contributed by atoms with Gasteiger partial charge in [0.2, 0.25) is 0 Å². The number of benzene rings is 2. The first-order valence-corrected chi connectivity index (χ1v) is 14.4. The zero-order chi connectivity index (χ0) is 27.5. The lowest BCUT2D eigenvalue weighted by molar-refractivity contribution is 0.0915. The second-order valence-electron chi connectivity index (χ2n) is 9.61. The molecule has 10 nitrogen and oxygen atoms in total. The van der Waals surface area contributed by atoms with Gasteiger partial charge in [-0.15, -0.1) is 0 Å². The number of hydrogen-bond acceptors (Lipinski definition) is 7. The lowest BCUT2D eigenvalue weighted by Gasteiger charge is -2.37. The fraction of sp³-hybridized carbons (Fsp3) is 0.333. The van der Waals surface area contributed by atoms with Crippen molar-refractivity contribution >= 4 is 39.3 Å². The lowest BCUT2D eigenvalue weighted by Crippen LogP contribution is -2.51. The second kappa shape index (κ2) is 11.7. The number of hydrogen-bond donors (Lipinski definition) is 2. The van der Waals surface area contributed by atoms with Crippen molar-refractivity contribution in [3.8, 4) is 5.75 Å². The molecule has 0 spiro atoms. The Balaban J connectivity index is 1.26. The van der Waals surface area contributed by atoms with Gasteiger partial charge in [0.05, 0.1) is 5.52 Å². The van der Waals surface area contributed by atoms with Gasteiger partial charge in [-0.25, -0.2) is 17.9 Å². The molecule has 1 aliphatic heterocycles. The number of nitrogens with one attached hydrogen (secondary N) is 2. The average molecular weight is 567 g/mol. The van der Waals surface area contributed by atoms with Crippen molar-refractivity contribution in [2.24, 2.45) is 0 Å². The number of aromatic amines is 1. The number of carbonyl (C=O) groups excluding carboxylic acids is 1. The van der Waals surface area contributed by atoms with Crippen LogP contribution in [0.3, 0.4) is 0 Å². The maximum atomic E-state index is 13.2. The summed E-state index contributed by atoms with van der Waals surface area (Å²) in [6, 6.07) is 16.8. The molecule has 0 saturated carbocycles. The summed E-state index contributed by atoms with van der Waals surface area (Å²) < 4.78 is 22.2. The number of piperidine rings is 1. The molecule has 39 heavy (non-hydrogen) atoms. The van der Waals surface area contributed by atoms with Crippen LogP contribution < -0.4 is 14.9 Å². The van der Waals surface area contributed by atoms with Crippen LogP contribution >= 0.6 is 11.3 Å². The smallest absolute Gasteiger partial charge is 0.322 e. The van der Waals surface area contributed by atoms with Gasteiger partial charge in [0.1, 0.15) is 17.4 Å². The molecule has 1 amide bonds. The van der Waals surface area contributed by atoms with E-state index in [1.807, 2.05) is 41.6 Å². The van der Waals surface area contributed by atoms with E-state index in [1.165, 1.54) is 0 Å². The van der Waals surface area contributed by atoms with E-state index >= 15 is 0 Å². The Bertz CT molecular complexity index is 1550. The molecule has 2 aromatic carbocycles. The van der Waals surface area contributed by atoms with Gasteiger partial charge in [0.25, 0.3) is 5.91 Å². The molecular weight excluding hydrogens is 536 g/mol. The number of fused-ring (bicyclic) bond motifs is 1. The predicted octanol–water partition coefficient (Wildman–Crippen LogP) is 3.00. The number of H-pyrrole nitrogens is 1. The molecule has 0 bridgehead atoms. The first kappa shape index (κ1) is 27.1. The quantitative estimate of drug-likeness (QED) is 0.338. The predicted molar refractivity (Wildman–Crippen MR) is 152 cm³/mol. The maximum absolute atomic E-state index is 13.2. The van der Waals surface area contributed by atoms with Crippen LogP contribution in [0.5, 0.6) is 5.75 Å². The molecule has 1 saturated heterocycles. The highest BCUT2D eigenvalue weighted by Crippen LogP contribution is 2.29. The second-order valence-corrected chi connectivity index (χ2v) is 12.3. The Kier molecular flexibility index (Phi) is 8.17. The van der Waals surface area contributed by atoms with Crippen molar-refractivity contribution in [2.45, 2.75) is 31.9 Å². The van der Waals surface area contributed by atoms with E-state index in [2.05, 4.69) is 20.5 Å². The minimum absolute atomic E-state index is 0.225. The van der Waals surface area contributed by atoms with Gasteiger partial charge < -0.3 is 10.1 Å². The summed E-state index contributed by atoms with van der Waals surface area (Å²) in [5.74, 6) is 0.165.